The average Bonchev–Trinajstić information content (AvgIpc) is 2.37. The maximum atomic E-state index is 12.7. The monoisotopic (exact) mass is 315 g/mol. The van der Waals surface area contributed by atoms with Crippen molar-refractivity contribution >= 4 is 27.4 Å². The lowest BCUT2D eigenvalue weighted by atomic mass is 9.96. The van der Waals surface area contributed by atoms with E-state index in [2.05, 4.69) is 0 Å². The summed E-state index contributed by atoms with van der Waals surface area (Å²) in [6.45, 7) is 0.546. The van der Waals surface area contributed by atoms with E-state index in [9.17, 15) is 13.2 Å². The van der Waals surface area contributed by atoms with Gasteiger partial charge < -0.3 is 4.74 Å². The maximum Gasteiger partial charge on any atom is 0.243 e. The largest absolute Gasteiger partial charge is 0.378 e. The zero-order chi connectivity index (χ0) is 14.3. The molecule has 2 atom stereocenters. The quantitative estimate of drug-likeness (QED) is 0.829. The Balaban J connectivity index is 1.98. The molecule has 1 aromatic rings. The van der Waals surface area contributed by atoms with Crippen LogP contribution in [0.15, 0.2) is 29.2 Å². The summed E-state index contributed by atoms with van der Waals surface area (Å²) in [6.07, 6.45) is 0.451. The Morgan fingerprint density at radius 3 is 2.20 bits per heavy atom. The van der Waals surface area contributed by atoms with Crippen molar-refractivity contribution in [1.82, 2.24) is 4.31 Å². The molecule has 2 saturated heterocycles. The first-order valence-corrected chi connectivity index (χ1v) is 8.19. The number of benzene rings is 1. The van der Waals surface area contributed by atoms with Crippen molar-refractivity contribution in [2.75, 3.05) is 13.2 Å². The van der Waals surface area contributed by atoms with Crippen molar-refractivity contribution in [3.8, 4) is 0 Å². The highest BCUT2D eigenvalue weighted by Gasteiger charge is 2.45. The minimum absolute atomic E-state index is 0.103. The molecule has 108 valence electrons. The molecule has 5 nitrogen and oxygen atoms in total. The number of ketones is 1. The van der Waals surface area contributed by atoms with Crippen LogP contribution < -0.4 is 0 Å². The van der Waals surface area contributed by atoms with E-state index in [-0.39, 0.29) is 36.7 Å². The number of carbonyl (C=O) groups excluding carboxylic acids is 1. The fraction of sp³-hybridized carbons (Fsp3) is 0.462. The van der Waals surface area contributed by atoms with E-state index >= 15 is 0 Å². The van der Waals surface area contributed by atoms with Crippen LogP contribution in [0.1, 0.15) is 12.8 Å². The predicted molar refractivity (Wildman–Crippen MR) is 73.1 cm³/mol. The second-order valence-electron chi connectivity index (χ2n) is 5.08. The SMILES string of the molecule is O=C1C[C@H]2COC[C@@H](C1)N2S(=O)(=O)c1ccc(Cl)cc1. The van der Waals surface area contributed by atoms with Crippen LogP contribution in [0.2, 0.25) is 5.02 Å². The van der Waals surface area contributed by atoms with Gasteiger partial charge in [-0.05, 0) is 24.3 Å². The van der Waals surface area contributed by atoms with Crippen molar-refractivity contribution in [3.05, 3.63) is 29.3 Å². The first-order chi connectivity index (χ1) is 9.48. The summed E-state index contributed by atoms with van der Waals surface area (Å²) >= 11 is 5.79. The average molecular weight is 316 g/mol. The summed E-state index contributed by atoms with van der Waals surface area (Å²) in [4.78, 5) is 11.8. The fourth-order valence-corrected chi connectivity index (χ4v) is 4.72. The van der Waals surface area contributed by atoms with Gasteiger partial charge in [-0.2, -0.15) is 4.31 Å². The van der Waals surface area contributed by atoms with E-state index in [0.717, 1.165) is 0 Å². The van der Waals surface area contributed by atoms with Crippen molar-refractivity contribution in [3.63, 3.8) is 0 Å². The first kappa shape index (κ1) is 14.0. The molecule has 0 radical (unpaired) electrons. The predicted octanol–water partition coefficient (Wildman–Crippen LogP) is 1.46. The smallest absolute Gasteiger partial charge is 0.243 e. The van der Waals surface area contributed by atoms with Crippen LogP contribution in [0.5, 0.6) is 0 Å². The number of hydrogen-bond acceptors (Lipinski definition) is 4. The third kappa shape index (κ3) is 2.37. The van der Waals surface area contributed by atoms with E-state index < -0.39 is 22.1 Å². The van der Waals surface area contributed by atoms with Crippen molar-refractivity contribution < 1.29 is 17.9 Å². The Labute approximate surface area is 122 Å². The van der Waals surface area contributed by atoms with Gasteiger partial charge >= 0.3 is 0 Å². The summed E-state index contributed by atoms with van der Waals surface area (Å²) in [5.41, 5.74) is 0. The number of morpholine rings is 1. The molecular weight excluding hydrogens is 302 g/mol. The second-order valence-corrected chi connectivity index (χ2v) is 7.36. The van der Waals surface area contributed by atoms with E-state index in [4.69, 9.17) is 16.3 Å². The third-order valence-corrected chi connectivity index (χ3v) is 5.93. The number of Topliss-reactive ketones (excluding diaryl/α,β-unsaturated/α-hetero) is 1. The second kappa shape index (κ2) is 5.11. The molecule has 2 heterocycles. The number of nitrogens with zero attached hydrogens (tertiary/aromatic N) is 1. The summed E-state index contributed by atoms with van der Waals surface area (Å²) in [5, 5.41) is 0.487. The highest BCUT2D eigenvalue weighted by molar-refractivity contribution is 7.89. The molecule has 0 aliphatic carbocycles. The van der Waals surface area contributed by atoms with Crippen molar-refractivity contribution in [2.45, 2.75) is 29.8 Å². The standard InChI is InChI=1S/C13H14ClNO4S/c14-9-1-3-13(4-2-9)20(17,18)15-10-5-12(16)6-11(15)8-19-7-10/h1-4,10-11H,5-8H2/t10-,11+. The lowest BCUT2D eigenvalue weighted by Gasteiger charge is -2.43. The lowest BCUT2D eigenvalue weighted by molar-refractivity contribution is -0.129. The van der Waals surface area contributed by atoms with E-state index in [1.54, 1.807) is 12.1 Å². The molecule has 0 amide bonds. The van der Waals surface area contributed by atoms with Crippen LogP contribution in [0.4, 0.5) is 0 Å². The van der Waals surface area contributed by atoms with Gasteiger partial charge in [0.25, 0.3) is 0 Å². The number of sulfonamides is 1. The number of carbonyl (C=O) groups is 1. The zero-order valence-corrected chi connectivity index (χ0v) is 12.2. The van der Waals surface area contributed by atoms with Gasteiger partial charge in [-0.15, -0.1) is 0 Å². The van der Waals surface area contributed by atoms with Gasteiger partial charge in [0, 0.05) is 17.9 Å². The Morgan fingerprint density at radius 2 is 1.65 bits per heavy atom. The van der Waals surface area contributed by atoms with Gasteiger partial charge in [0.1, 0.15) is 5.78 Å². The van der Waals surface area contributed by atoms with E-state index in [1.165, 1.54) is 16.4 Å². The molecule has 0 N–H and O–H groups in total. The molecule has 7 heteroatoms. The molecule has 3 rings (SSSR count). The van der Waals surface area contributed by atoms with Crippen LogP contribution in [-0.4, -0.2) is 43.8 Å². The summed E-state index contributed by atoms with van der Waals surface area (Å²) < 4.78 is 32.3. The Kier molecular flexibility index (Phi) is 3.58. The topological polar surface area (TPSA) is 63.7 Å². The van der Waals surface area contributed by atoms with Crippen LogP contribution in [0.3, 0.4) is 0 Å². The molecule has 1 aromatic carbocycles. The van der Waals surface area contributed by atoms with E-state index in [0.29, 0.717) is 5.02 Å². The zero-order valence-electron chi connectivity index (χ0n) is 10.7. The minimum Gasteiger partial charge on any atom is -0.378 e. The number of piperidine rings is 1. The molecule has 0 spiro atoms. The maximum absolute atomic E-state index is 12.7. The Bertz CT molecular complexity index is 612. The molecular formula is C13H14ClNO4S. The van der Waals surface area contributed by atoms with Crippen LogP contribution >= 0.6 is 11.6 Å². The molecule has 2 aliphatic heterocycles. The molecule has 2 aliphatic rings. The van der Waals surface area contributed by atoms with Gasteiger partial charge in [0.15, 0.2) is 0 Å². The number of halogens is 1. The molecule has 2 bridgehead atoms. The molecule has 0 saturated carbocycles. The highest BCUT2D eigenvalue weighted by atomic mass is 35.5. The summed E-state index contributed by atoms with van der Waals surface area (Å²) in [5.74, 6) is 0.103. The molecule has 20 heavy (non-hydrogen) atoms. The van der Waals surface area contributed by atoms with Crippen molar-refractivity contribution in [1.29, 1.82) is 0 Å². The van der Waals surface area contributed by atoms with Gasteiger partial charge in [-0.25, -0.2) is 8.42 Å². The molecule has 0 aromatic heterocycles. The Morgan fingerprint density at radius 1 is 1.10 bits per heavy atom. The summed E-state index contributed by atoms with van der Waals surface area (Å²) in [6, 6.07) is 5.30. The number of rotatable bonds is 2. The van der Waals surface area contributed by atoms with Gasteiger partial charge in [0.2, 0.25) is 10.0 Å². The fourth-order valence-electron chi connectivity index (χ4n) is 2.81. The van der Waals surface area contributed by atoms with Crippen LogP contribution in [-0.2, 0) is 19.6 Å². The number of fused-ring (bicyclic) bond motifs is 2. The number of ether oxygens (including phenoxy) is 1. The minimum atomic E-state index is -3.62. The molecule has 0 unspecified atom stereocenters. The van der Waals surface area contributed by atoms with Crippen molar-refractivity contribution in [2.24, 2.45) is 0 Å². The highest BCUT2D eigenvalue weighted by Crippen LogP contribution is 2.31. The van der Waals surface area contributed by atoms with Crippen LogP contribution in [0, 0.1) is 0 Å². The lowest BCUT2D eigenvalue weighted by Crippen LogP contribution is -2.59. The van der Waals surface area contributed by atoms with Gasteiger partial charge in [0.05, 0.1) is 30.2 Å². The summed E-state index contributed by atoms with van der Waals surface area (Å²) in [7, 11) is -3.62. The Hall–Kier alpha value is -0.950. The van der Waals surface area contributed by atoms with Crippen LogP contribution in [0.25, 0.3) is 0 Å². The van der Waals surface area contributed by atoms with Gasteiger partial charge in [-0.3, -0.25) is 4.79 Å². The first-order valence-electron chi connectivity index (χ1n) is 6.37. The van der Waals surface area contributed by atoms with E-state index in [1.807, 2.05) is 0 Å². The number of hydrogen-bond donors (Lipinski definition) is 0. The van der Waals surface area contributed by atoms with Gasteiger partial charge in [-0.1, -0.05) is 11.6 Å². The third-order valence-electron chi connectivity index (χ3n) is 3.66. The normalized spacial score (nSPS) is 27.6. The molecule has 2 fully saturated rings.